The van der Waals surface area contributed by atoms with Gasteiger partial charge in [-0.1, -0.05) is 32.4 Å². The Bertz CT molecular complexity index is 518. The molecule has 0 radical (unpaired) electrons. The molecule has 20 heavy (non-hydrogen) atoms. The van der Waals surface area contributed by atoms with E-state index in [1.807, 2.05) is 20.8 Å². The molecule has 1 fully saturated rings. The molecule has 1 aromatic rings. The molecule has 2 N–H and O–H groups in total. The van der Waals surface area contributed by atoms with Crippen LogP contribution in [-0.4, -0.2) is 51.3 Å². The van der Waals surface area contributed by atoms with Crippen molar-refractivity contribution in [3.8, 4) is 0 Å². The molecule has 1 aliphatic rings. The maximum Gasteiger partial charge on any atom is 0.254 e. The summed E-state index contributed by atoms with van der Waals surface area (Å²) in [5, 5.41) is 19.3. The fourth-order valence-corrected chi connectivity index (χ4v) is 2.33. The Morgan fingerprint density at radius 2 is 1.85 bits per heavy atom. The minimum Gasteiger partial charge on any atom is -0.388 e. The number of aliphatic hydroxyl groups is 2. The molecule has 1 amide bonds. The van der Waals surface area contributed by atoms with E-state index in [1.165, 1.54) is 11.0 Å². The van der Waals surface area contributed by atoms with Crippen molar-refractivity contribution < 1.29 is 15.0 Å². The fourth-order valence-electron chi connectivity index (χ4n) is 2.12. The zero-order valence-corrected chi connectivity index (χ0v) is 12.6. The summed E-state index contributed by atoms with van der Waals surface area (Å²) in [4.78, 5) is 18.1. The van der Waals surface area contributed by atoms with Crippen LogP contribution < -0.4 is 0 Å². The van der Waals surface area contributed by atoms with Crippen molar-refractivity contribution in [1.29, 1.82) is 0 Å². The number of amides is 1. The first kappa shape index (κ1) is 15.2. The average Bonchev–Trinajstić information content (AvgIpc) is 2.67. The molecule has 0 bridgehead atoms. The van der Waals surface area contributed by atoms with E-state index in [0.29, 0.717) is 5.56 Å². The van der Waals surface area contributed by atoms with E-state index in [0.717, 1.165) is 5.69 Å². The number of aliphatic hydroxyl groups excluding tert-OH is 2. The quantitative estimate of drug-likeness (QED) is 0.764. The lowest BCUT2D eigenvalue weighted by molar-refractivity contribution is 0.0572. The van der Waals surface area contributed by atoms with E-state index in [2.05, 4.69) is 4.98 Å². The number of carbonyl (C=O) groups is 1. The Labute approximate surface area is 123 Å². The number of rotatable bonds is 1. The first-order valence-electron chi connectivity index (χ1n) is 6.52. The molecule has 1 saturated heterocycles. The molecule has 1 aliphatic heterocycles. The first-order valence-corrected chi connectivity index (χ1v) is 6.90. The molecule has 0 spiro atoms. The van der Waals surface area contributed by atoms with E-state index in [-0.39, 0.29) is 29.6 Å². The van der Waals surface area contributed by atoms with Crippen molar-refractivity contribution in [2.24, 2.45) is 0 Å². The molecule has 0 unspecified atom stereocenters. The van der Waals surface area contributed by atoms with E-state index in [9.17, 15) is 15.0 Å². The monoisotopic (exact) mass is 298 g/mol. The highest BCUT2D eigenvalue weighted by Crippen LogP contribution is 2.24. The predicted octanol–water partition coefficient (Wildman–Crippen LogP) is 1.21. The number of likely N-dealkylation sites (tertiary alicyclic amines) is 1. The van der Waals surface area contributed by atoms with E-state index < -0.39 is 12.2 Å². The number of pyridine rings is 1. The highest BCUT2D eigenvalue weighted by Gasteiger charge is 2.33. The standard InChI is InChI=1S/C14H19ClN2O3/c1-14(2,3)11-4-8(5-12(15)16-11)13(20)17-6-9(18)10(19)7-17/h4-5,9-10,18-19H,6-7H2,1-3H3/t9-,10+. The zero-order chi connectivity index (χ0) is 15.1. The Hall–Kier alpha value is -1.17. The number of hydrogen-bond acceptors (Lipinski definition) is 4. The molecule has 0 aliphatic carbocycles. The van der Waals surface area contributed by atoms with Crippen molar-refractivity contribution >= 4 is 17.5 Å². The SMILES string of the molecule is CC(C)(C)c1cc(C(=O)N2C[C@@H](O)[C@@H](O)C2)cc(Cl)n1. The van der Waals surface area contributed by atoms with Gasteiger partial charge in [0.15, 0.2) is 0 Å². The van der Waals surface area contributed by atoms with Crippen LogP contribution in [0.3, 0.4) is 0 Å². The summed E-state index contributed by atoms with van der Waals surface area (Å²) < 4.78 is 0. The highest BCUT2D eigenvalue weighted by molar-refractivity contribution is 6.29. The van der Waals surface area contributed by atoms with Crippen molar-refractivity contribution in [1.82, 2.24) is 9.88 Å². The smallest absolute Gasteiger partial charge is 0.254 e. The molecule has 5 nitrogen and oxygen atoms in total. The lowest BCUT2D eigenvalue weighted by atomic mass is 9.91. The third kappa shape index (κ3) is 3.11. The van der Waals surface area contributed by atoms with Gasteiger partial charge in [-0.2, -0.15) is 0 Å². The van der Waals surface area contributed by atoms with Crippen molar-refractivity contribution in [3.05, 3.63) is 28.5 Å². The summed E-state index contributed by atoms with van der Waals surface area (Å²) in [6.07, 6.45) is -1.78. The van der Waals surface area contributed by atoms with Crippen LogP contribution in [-0.2, 0) is 5.41 Å². The third-order valence-electron chi connectivity index (χ3n) is 3.36. The van der Waals surface area contributed by atoms with Gasteiger partial charge in [0.2, 0.25) is 0 Å². The van der Waals surface area contributed by atoms with Crippen LogP contribution in [0.4, 0.5) is 0 Å². The summed E-state index contributed by atoms with van der Waals surface area (Å²) in [6.45, 7) is 6.23. The van der Waals surface area contributed by atoms with Gasteiger partial charge in [-0.05, 0) is 12.1 Å². The molecule has 1 aromatic heterocycles. The fraction of sp³-hybridized carbons (Fsp3) is 0.571. The maximum atomic E-state index is 12.4. The van der Waals surface area contributed by atoms with Crippen LogP contribution in [0.2, 0.25) is 5.15 Å². The molecule has 2 atom stereocenters. The van der Waals surface area contributed by atoms with Crippen LogP contribution in [0, 0.1) is 0 Å². The van der Waals surface area contributed by atoms with Crippen LogP contribution in [0.5, 0.6) is 0 Å². The van der Waals surface area contributed by atoms with Crippen molar-refractivity contribution in [2.75, 3.05) is 13.1 Å². The average molecular weight is 299 g/mol. The summed E-state index contributed by atoms with van der Waals surface area (Å²) in [6, 6.07) is 3.22. The number of aromatic nitrogens is 1. The normalized spacial score (nSPS) is 23.2. The predicted molar refractivity (Wildman–Crippen MR) is 75.9 cm³/mol. The lowest BCUT2D eigenvalue weighted by Gasteiger charge is -2.20. The highest BCUT2D eigenvalue weighted by atomic mass is 35.5. The van der Waals surface area contributed by atoms with E-state index >= 15 is 0 Å². The number of nitrogens with zero attached hydrogens (tertiary/aromatic N) is 2. The molecule has 0 aromatic carbocycles. The van der Waals surface area contributed by atoms with E-state index in [1.54, 1.807) is 6.07 Å². The summed E-state index contributed by atoms with van der Waals surface area (Å²) in [5.74, 6) is -0.254. The summed E-state index contributed by atoms with van der Waals surface area (Å²) in [5.41, 5.74) is 0.939. The number of β-amino-alcohol motifs (C(OH)–C–C–N with tert-alkyl or cyclic N) is 2. The van der Waals surface area contributed by atoms with Crippen LogP contribution in [0.1, 0.15) is 36.8 Å². The van der Waals surface area contributed by atoms with Crippen molar-refractivity contribution in [2.45, 2.75) is 38.4 Å². The van der Waals surface area contributed by atoms with Crippen molar-refractivity contribution in [3.63, 3.8) is 0 Å². The van der Waals surface area contributed by atoms with Gasteiger partial charge < -0.3 is 15.1 Å². The largest absolute Gasteiger partial charge is 0.388 e. The van der Waals surface area contributed by atoms with Gasteiger partial charge in [0.1, 0.15) is 5.15 Å². The maximum absolute atomic E-state index is 12.4. The Balaban J connectivity index is 2.29. The van der Waals surface area contributed by atoms with Gasteiger partial charge in [-0.3, -0.25) is 4.79 Å². The first-order chi connectivity index (χ1) is 9.18. The number of carbonyl (C=O) groups excluding carboxylic acids is 1. The summed E-state index contributed by atoms with van der Waals surface area (Å²) in [7, 11) is 0. The Morgan fingerprint density at radius 1 is 1.30 bits per heavy atom. The Morgan fingerprint density at radius 3 is 2.35 bits per heavy atom. The number of hydrogen-bond donors (Lipinski definition) is 2. The van der Waals surface area contributed by atoms with Gasteiger partial charge in [0, 0.05) is 29.8 Å². The second kappa shape index (κ2) is 5.31. The molecule has 2 rings (SSSR count). The molecule has 6 heteroatoms. The van der Waals surface area contributed by atoms with Crippen LogP contribution in [0.25, 0.3) is 0 Å². The van der Waals surface area contributed by atoms with Gasteiger partial charge in [0.25, 0.3) is 5.91 Å². The summed E-state index contributed by atoms with van der Waals surface area (Å²) >= 11 is 5.98. The molecule has 0 saturated carbocycles. The van der Waals surface area contributed by atoms with E-state index in [4.69, 9.17) is 11.6 Å². The lowest BCUT2D eigenvalue weighted by Crippen LogP contribution is -2.30. The van der Waals surface area contributed by atoms with Gasteiger partial charge >= 0.3 is 0 Å². The van der Waals surface area contributed by atoms with Gasteiger partial charge in [-0.25, -0.2) is 4.98 Å². The van der Waals surface area contributed by atoms with Crippen LogP contribution >= 0.6 is 11.6 Å². The molecular formula is C14H19ClN2O3. The minimum atomic E-state index is -0.890. The topological polar surface area (TPSA) is 73.7 Å². The Kier molecular flexibility index (Phi) is 4.04. The molecule has 110 valence electrons. The molecular weight excluding hydrogens is 280 g/mol. The second-order valence-electron chi connectivity index (χ2n) is 6.16. The van der Waals surface area contributed by atoms with Gasteiger partial charge in [-0.15, -0.1) is 0 Å². The van der Waals surface area contributed by atoms with Crippen LogP contribution in [0.15, 0.2) is 12.1 Å². The minimum absolute atomic E-state index is 0.130. The number of halogens is 1. The second-order valence-corrected chi connectivity index (χ2v) is 6.55. The third-order valence-corrected chi connectivity index (χ3v) is 3.55. The zero-order valence-electron chi connectivity index (χ0n) is 11.8. The molecule has 2 heterocycles. The van der Waals surface area contributed by atoms with Gasteiger partial charge in [0.05, 0.1) is 12.2 Å².